The molecule has 2 aromatic rings. The molecule has 128 valence electrons. The molecule has 2 fully saturated rings. The highest BCUT2D eigenvalue weighted by Crippen LogP contribution is 2.29. The van der Waals surface area contributed by atoms with Crippen LogP contribution in [0.3, 0.4) is 0 Å². The van der Waals surface area contributed by atoms with E-state index in [2.05, 4.69) is 15.4 Å². The molecule has 1 N–H and O–H groups in total. The molecular formula is C16H22N6O2. The van der Waals surface area contributed by atoms with Crippen LogP contribution in [0.25, 0.3) is 0 Å². The summed E-state index contributed by atoms with van der Waals surface area (Å²) in [5.74, 6) is -0.110. The van der Waals surface area contributed by atoms with E-state index in [1.807, 2.05) is 10.9 Å². The second-order valence-corrected chi connectivity index (χ2v) is 6.92. The Kier molecular flexibility index (Phi) is 3.84. The van der Waals surface area contributed by atoms with Gasteiger partial charge in [-0.3, -0.25) is 9.48 Å². The van der Waals surface area contributed by atoms with Crippen molar-refractivity contribution in [1.82, 2.24) is 29.7 Å². The van der Waals surface area contributed by atoms with E-state index >= 15 is 0 Å². The molecule has 1 unspecified atom stereocenters. The lowest BCUT2D eigenvalue weighted by atomic mass is 10.0. The number of nitrogens with zero attached hydrogens (tertiary/aromatic N) is 6. The fraction of sp³-hybridized carbons (Fsp3) is 0.625. The fourth-order valence-corrected chi connectivity index (χ4v) is 3.76. The fourth-order valence-electron chi connectivity index (χ4n) is 3.76. The highest BCUT2D eigenvalue weighted by atomic mass is 16.3. The predicted molar refractivity (Wildman–Crippen MR) is 85.2 cm³/mol. The maximum Gasteiger partial charge on any atom is 0.274 e. The number of β-amino-alcohol motifs (C(OH)–C–C–N with tert-alkyl or cyclic N) is 1. The van der Waals surface area contributed by atoms with Crippen molar-refractivity contribution in [2.75, 3.05) is 13.1 Å². The number of amides is 1. The van der Waals surface area contributed by atoms with Crippen molar-refractivity contribution in [3.8, 4) is 0 Å². The summed E-state index contributed by atoms with van der Waals surface area (Å²) in [6.45, 7) is 1.16. The molecule has 1 saturated carbocycles. The van der Waals surface area contributed by atoms with E-state index in [1.165, 1.54) is 12.8 Å². The average molecular weight is 330 g/mol. The van der Waals surface area contributed by atoms with E-state index in [9.17, 15) is 9.90 Å². The summed E-state index contributed by atoms with van der Waals surface area (Å²) < 4.78 is 3.53. The first-order valence-electron chi connectivity index (χ1n) is 8.54. The Bertz CT molecular complexity index is 706. The predicted octanol–water partition coefficient (Wildman–Crippen LogP) is 0.867. The monoisotopic (exact) mass is 330 g/mol. The Morgan fingerprint density at radius 2 is 2.17 bits per heavy atom. The van der Waals surface area contributed by atoms with Crippen molar-refractivity contribution < 1.29 is 9.90 Å². The molecule has 3 heterocycles. The van der Waals surface area contributed by atoms with Gasteiger partial charge in [-0.05, 0) is 25.3 Å². The smallest absolute Gasteiger partial charge is 0.274 e. The Morgan fingerprint density at radius 3 is 2.92 bits per heavy atom. The number of carbonyl (C=O) groups excluding carboxylic acids is 1. The first-order chi connectivity index (χ1) is 11.6. The van der Waals surface area contributed by atoms with Gasteiger partial charge in [-0.2, -0.15) is 5.10 Å². The van der Waals surface area contributed by atoms with Crippen LogP contribution in [0.5, 0.6) is 0 Å². The lowest BCUT2D eigenvalue weighted by Gasteiger charge is -2.22. The van der Waals surface area contributed by atoms with Crippen molar-refractivity contribution >= 4 is 5.91 Å². The lowest BCUT2D eigenvalue weighted by molar-refractivity contribution is 0.0265. The number of aromatic nitrogens is 5. The minimum absolute atomic E-state index is 0.110. The van der Waals surface area contributed by atoms with Crippen LogP contribution in [-0.4, -0.2) is 59.4 Å². The maximum atomic E-state index is 12.7. The van der Waals surface area contributed by atoms with Gasteiger partial charge in [0, 0.05) is 18.9 Å². The lowest BCUT2D eigenvalue weighted by Crippen LogP contribution is -2.39. The molecule has 1 aliphatic heterocycles. The molecule has 0 bridgehead atoms. The summed E-state index contributed by atoms with van der Waals surface area (Å²) in [4.78, 5) is 14.3. The molecule has 2 aliphatic rings. The second kappa shape index (κ2) is 6.01. The Hall–Kier alpha value is -2.22. The zero-order valence-electron chi connectivity index (χ0n) is 13.6. The molecule has 0 spiro atoms. The van der Waals surface area contributed by atoms with E-state index in [1.54, 1.807) is 28.0 Å². The number of rotatable bonds is 4. The van der Waals surface area contributed by atoms with Gasteiger partial charge in [0.15, 0.2) is 0 Å². The Morgan fingerprint density at radius 1 is 1.33 bits per heavy atom. The molecule has 1 aliphatic carbocycles. The highest BCUT2D eigenvalue weighted by Gasteiger charge is 2.39. The summed E-state index contributed by atoms with van der Waals surface area (Å²) in [5.41, 5.74) is -0.496. The largest absolute Gasteiger partial charge is 0.386 e. The highest BCUT2D eigenvalue weighted by molar-refractivity contribution is 5.92. The van der Waals surface area contributed by atoms with Gasteiger partial charge >= 0.3 is 0 Å². The average Bonchev–Trinajstić information content (AvgIpc) is 3.34. The van der Waals surface area contributed by atoms with Crippen molar-refractivity contribution in [2.24, 2.45) is 0 Å². The Balaban J connectivity index is 1.42. The summed E-state index contributed by atoms with van der Waals surface area (Å²) in [7, 11) is 0. The van der Waals surface area contributed by atoms with Crippen LogP contribution in [0.15, 0.2) is 24.7 Å². The van der Waals surface area contributed by atoms with Crippen LogP contribution in [-0.2, 0) is 6.54 Å². The van der Waals surface area contributed by atoms with Crippen LogP contribution >= 0.6 is 0 Å². The number of hydrogen-bond donors (Lipinski definition) is 1. The van der Waals surface area contributed by atoms with Gasteiger partial charge in [0.1, 0.15) is 11.3 Å². The molecule has 8 nitrogen and oxygen atoms in total. The number of aliphatic hydroxyl groups is 1. The van der Waals surface area contributed by atoms with E-state index in [4.69, 9.17) is 0 Å². The van der Waals surface area contributed by atoms with Gasteiger partial charge in [0.05, 0.1) is 25.3 Å². The zero-order chi connectivity index (χ0) is 16.6. The van der Waals surface area contributed by atoms with E-state index in [0.29, 0.717) is 37.8 Å². The van der Waals surface area contributed by atoms with Gasteiger partial charge in [-0.25, -0.2) is 4.68 Å². The van der Waals surface area contributed by atoms with Gasteiger partial charge in [-0.15, -0.1) is 5.10 Å². The molecule has 0 radical (unpaired) electrons. The number of likely N-dealkylation sites (tertiary alicyclic amines) is 1. The minimum Gasteiger partial charge on any atom is -0.386 e. The quantitative estimate of drug-likeness (QED) is 0.898. The van der Waals surface area contributed by atoms with Crippen LogP contribution in [0.1, 0.15) is 48.6 Å². The molecule has 8 heteroatoms. The van der Waals surface area contributed by atoms with Gasteiger partial charge in [0.25, 0.3) is 5.91 Å². The molecule has 0 aromatic carbocycles. The van der Waals surface area contributed by atoms with Gasteiger partial charge in [0.2, 0.25) is 0 Å². The SMILES string of the molecule is O=C(c1ccn(C2CCCC2)n1)N1CCC(O)(Cn2ccnn2)C1. The molecule has 1 atom stereocenters. The zero-order valence-corrected chi connectivity index (χ0v) is 13.6. The van der Waals surface area contributed by atoms with Gasteiger partial charge in [-0.1, -0.05) is 18.1 Å². The number of hydrogen-bond acceptors (Lipinski definition) is 5. The van der Waals surface area contributed by atoms with E-state index < -0.39 is 5.60 Å². The third-order valence-electron chi connectivity index (χ3n) is 5.07. The Labute approximate surface area is 140 Å². The first kappa shape index (κ1) is 15.3. The van der Waals surface area contributed by atoms with Crippen LogP contribution in [0, 0.1) is 0 Å². The summed E-state index contributed by atoms with van der Waals surface area (Å²) in [6.07, 6.45) is 10.5. The minimum atomic E-state index is -0.961. The topological polar surface area (TPSA) is 89.1 Å². The molecule has 24 heavy (non-hydrogen) atoms. The van der Waals surface area contributed by atoms with Crippen LogP contribution in [0.4, 0.5) is 0 Å². The number of carbonyl (C=O) groups is 1. The molecule has 1 amide bonds. The van der Waals surface area contributed by atoms with Crippen LogP contribution in [0.2, 0.25) is 0 Å². The molecule has 1 saturated heterocycles. The van der Waals surface area contributed by atoms with Crippen molar-refractivity contribution in [2.45, 2.75) is 50.3 Å². The van der Waals surface area contributed by atoms with Crippen molar-refractivity contribution in [3.63, 3.8) is 0 Å². The third-order valence-corrected chi connectivity index (χ3v) is 5.07. The summed E-state index contributed by atoms with van der Waals surface area (Å²) in [6, 6.07) is 2.21. The van der Waals surface area contributed by atoms with Gasteiger partial charge < -0.3 is 10.0 Å². The van der Waals surface area contributed by atoms with E-state index in [-0.39, 0.29) is 5.91 Å². The third kappa shape index (κ3) is 2.93. The standard InChI is InChI=1S/C16H22N6O2/c23-15(14-5-8-22(18-14)13-3-1-2-4-13)20-9-6-16(24,11-20)12-21-10-7-17-19-21/h5,7-8,10,13,24H,1-4,6,9,11-12H2. The first-order valence-corrected chi connectivity index (χ1v) is 8.54. The summed E-state index contributed by atoms with van der Waals surface area (Å²) >= 11 is 0. The molecular weight excluding hydrogens is 308 g/mol. The van der Waals surface area contributed by atoms with E-state index in [0.717, 1.165) is 12.8 Å². The maximum absolute atomic E-state index is 12.7. The van der Waals surface area contributed by atoms with Crippen molar-refractivity contribution in [3.05, 3.63) is 30.4 Å². The normalized spacial score (nSPS) is 24.8. The second-order valence-electron chi connectivity index (χ2n) is 6.92. The molecule has 4 rings (SSSR count). The summed E-state index contributed by atoms with van der Waals surface area (Å²) in [5, 5.41) is 22.8. The molecule has 2 aromatic heterocycles. The van der Waals surface area contributed by atoms with Crippen molar-refractivity contribution in [1.29, 1.82) is 0 Å². The van der Waals surface area contributed by atoms with Crippen LogP contribution < -0.4 is 0 Å².